The van der Waals surface area contributed by atoms with Crippen LogP contribution in [0, 0.1) is 25.6 Å². The third kappa shape index (κ3) is 5.12. The zero-order chi connectivity index (χ0) is 21.9. The molecule has 2 aromatic carbocycles. The van der Waals surface area contributed by atoms with Crippen LogP contribution in [0.2, 0.25) is 0 Å². The van der Waals surface area contributed by atoms with Crippen molar-refractivity contribution < 1.29 is 23.8 Å². The fraction of sp³-hybridized carbons (Fsp3) is 0.478. The van der Waals surface area contributed by atoms with E-state index in [-0.39, 0.29) is 17.0 Å². The molecule has 0 bridgehead atoms. The Bertz CT molecular complexity index is 918. The summed E-state index contributed by atoms with van der Waals surface area (Å²) in [5.74, 6) is 1.69. The van der Waals surface area contributed by atoms with Gasteiger partial charge in [-0.3, -0.25) is 4.57 Å². The number of halogens is 1. The summed E-state index contributed by atoms with van der Waals surface area (Å²) in [6.07, 6.45) is 6.86. The summed E-state index contributed by atoms with van der Waals surface area (Å²) in [6.45, 7) is 5.69. The van der Waals surface area contributed by atoms with Crippen molar-refractivity contribution in [3.63, 3.8) is 0 Å². The number of benzene rings is 2. The maximum Gasteiger partial charge on any atom is 0.319 e. The molecule has 30 heavy (non-hydrogen) atoms. The number of nitrogens with one attached hydrogen (secondary N) is 1. The molecule has 164 valence electrons. The fourth-order valence-electron chi connectivity index (χ4n) is 4.51. The monoisotopic (exact) mass is 435 g/mol. The molecule has 0 saturated heterocycles. The van der Waals surface area contributed by atoms with Crippen molar-refractivity contribution in [2.24, 2.45) is 5.92 Å². The first kappa shape index (κ1) is 23.0. The molecule has 3 rings (SSSR count). The van der Waals surface area contributed by atoms with E-state index in [1.54, 1.807) is 19.9 Å². The highest BCUT2D eigenvalue weighted by molar-refractivity contribution is 7.63. The van der Waals surface area contributed by atoms with Crippen molar-refractivity contribution in [3.05, 3.63) is 52.8 Å². The molecular formula is C23H31FNO4P. The highest BCUT2D eigenvalue weighted by atomic mass is 31.2. The van der Waals surface area contributed by atoms with Crippen LogP contribution in [0.15, 0.2) is 30.3 Å². The van der Waals surface area contributed by atoms with Gasteiger partial charge >= 0.3 is 7.52 Å². The SMILES string of the molecule is CCCC1CCC(c2ccc(Oc3c(C)cc(P(=O)(O)NO)cc3C)cc2F)CC1. The minimum absolute atomic E-state index is 0.0764. The van der Waals surface area contributed by atoms with Crippen molar-refractivity contribution in [2.45, 2.75) is 65.2 Å². The van der Waals surface area contributed by atoms with Gasteiger partial charge in [-0.1, -0.05) is 25.8 Å². The number of hydrogen-bond acceptors (Lipinski definition) is 3. The molecule has 0 aliphatic heterocycles. The van der Waals surface area contributed by atoms with E-state index in [4.69, 9.17) is 9.94 Å². The molecule has 0 radical (unpaired) electrons. The minimum Gasteiger partial charge on any atom is -0.457 e. The molecule has 7 heteroatoms. The summed E-state index contributed by atoms with van der Waals surface area (Å²) in [7, 11) is -4.03. The Kier molecular flexibility index (Phi) is 7.35. The number of rotatable bonds is 7. The predicted octanol–water partition coefficient (Wildman–Crippen LogP) is 6.10. The van der Waals surface area contributed by atoms with E-state index in [9.17, 15) is 13.8 Å². The Balaban J connectivity index is 1.76. The normalized spacial score (nSPS) is 21.3. The zero-order valence-corrected chi connectivity index (χ0v) is 18.7. The van der Waals surface area contributed by atoms with Crippen LogP contribution in [0.4, 0.5) is 4.39 Å². The Morgan fingerprint density at radius 2 is 1.77 bits per heavy atom. The summed E-state index contributed by atoms with van der Waals surface area (Å²) in [6, 6.07) is 7.99. The third-order valence-corrected chi connectivity index (χ3v) is 7.34. The lowest BCUT2D eigenvalue weighted by Crippen LogP contribution is -2.16. The van der Waals surface area contributed by atoms with Crippen molar-refractivity contribution in [3.8, 4) is 11.5 Å². The van der Waals surface area contributed by atoms with Crippen LogP contribution in [0.5, 0.6) is 11.5 Å². The van der Waals surface area contributed by atoms with Crippen molar-refractivity contribution in [1.82, 2.24) is 5.25 Å². The first-order valence-corrected chi connectivity index (χ1v) is 12.2. The maximum atomic E-state index is 14.9. The standard InChI is InChI=1S/C23H31FNO4P/c1-4-5-17-6-8-18(9-7-17)21-11-10-19(14-22(21)24)29-23-15(2)12-20(13-16(23)3)30(27,28)25-26/h10-14,17-18,26H,4-9H2,1-3H3,(H2,25,27,28). The van der Waals surface area contributed by atoms with Gasteiger partial charge in [0.25, 0.3) is 0 Å². The van der Waals surface area contributed by atoms with Crippen LogP contribution in [0.25, 0.3) is 0 Å². The van der Waals surface area contributed by atoms with Gasteiger partial charge in [0, 0.05) is 6.07 Å². The van der Waals surface area contributed by atoms with Gasteiger partial charge in [-0.05, 0) is 86.3 Å². The van der Waals surface area contributed by atoms with Gasteiger partial charge in [-0.25, -0.2) is 4.39 Å². The quantitative estimate of drug-likeness (QED) is 0.362. The van der Waals surface area contributed by atoms with Crippen LogP contribution in [-0.2, 0) is 4.57 Å². The molecule has 1 aliphatic rings. The summed E-state index contributed by atoms with van der Waals surface area (Å²) in [4.78, 5) is 9.77. The van der Waals surface area contributed by atoms with E-state index in [0.717, 1.165) is 24.3 Å². The van der Waals surface area contributed by atoms with Crippen LogP contribution >= 0.6 is 7.52 Å². The summed E-state index contributed by atoms with van der Waals surface area (Å²) in [5, 5.41) is 10.4. The molecule has 5 nitrogen and oxygen atoms in total. The molecular weight excluding hydrogens is 404 g/mol. The summed E-state index contributed by atoms with van der Waals surface area (Å²) >= 11 is 0. The molecule has 0 amide bonds. The van der Waals surface area contributed by atoms with Gasteiger partial charge in [0.05, 0.1) is 5.30 Å². The molecule has 1 unspecified atom stereocenters. The Morgan fingerprint density at radius 1 is 1.13 bits per heavy atom. The van der Waals surface area contributed by atoms with Crippen molar-refractivity contribution in [1.29, 1.82) is 0 Å². The van der Waals surface area contributed by atoms with Crippen LogP contribution in [0.3, 0.4) is 0 Å². The van der Waals surface area contributed by atoms with E-state index in [1.807, 2.05) is 6.07 Å². The molecule has 0 spiro atoms. The van der Waals surface area contributed by atoms with Gasteiger partial charge in [0.1, 0.15) is 17.3 Å². The first-order chi connectivity index (χ1) is 14.2. The summed E-state index contributed by atoms with van der Waals surface area (Å²) < 4.78 is 32.7. The number of aryl methyl sites for hydroxylation is 2. The molecule has 2 aromatic rings. The Hall–Kier alpha value is -1.72. The molecule has 1 aliphatic carbocycles. The maximum absolute atomic E-state index is 14.9. The van der Waals surface area contributed by atoms with E-state index in [1.165, 1.54) is 49.1 Å². The second kappa shape index (κ2) is 9.61. The van der Waals surface area contributed by atoms with Crippen LogP contribution in [0.1, 0.15) is 68.1 Å². The molecule has 3 N–H and O–H groups in total. The van der Waals surface area contributed by atoms with Gasteiger partial charge in [0.2, 0.25) is 0 Å². The lowest BCUT2D eigenvalue weighted by molar-refractivity contribution is 0.226. The van der Waals surface area contributed by atoms with Gasteiger partial charge < -0.3 is 14.8 Å². The van der Waals surface area contributed by atoms with Gasteiger partial charge in [-0.2, -0.15) is 0 Å². The molecule has 1 fully saturated rings. The van der Waals surface area contributed by atoms with Gasteiger partial charge in [0.15, 0.2) is 0 Å². The Morgan fingerprint density at radius 3 is 2.30 bits per heavy atom. The molecule has 1 saturated carbocycles. The smallest absolute Gasteiger partial charge is 0.319 e. The highest BCUT2D eigenvalue weighted by Gasteiger charge is 2.25. The number of ether oxygens (including phenoxy) is 1. The average Bonchev–Trinajstić information content (AvgIpc) is 2.71. The highest BCUT2D eigenvalue weighted by Crippen LogP contribution is 2.40. The average molecular weight is 435 g/mol. The lowest BCUT2D eigenvalue weighted by Gasteiger charge is -2.29. The summed E-state index contributed by atoms with van der Waals surface area (Å²) in [5.41, 5.74) is 2.00. The van der Waals surface area contributed by atoms with Crippen molar-refractivity contribution >= 4 is 12.8 Å². The van der Waals surface area contributed by atoms with Crippen LogP contribution in [-0.4, -0.2) is 10.1 Å². The van der Waals surface area contributed by atoms with Crippen LogP contribution < -0.4 is 15.3 Å². The topological polar surface area (TPSA) is 78.8 Å². The number of hydrogen-bond donors (Lipinski definition) is 3. The van der Waals surface area contributed by atoms with E-state index in [2.05, 4.69) is 6.92 Å². The fourth-order valence-corrected chi connectivity index (χ4v) is 5.36. The lowest BCUT2D eigenvalue weighted by atomic mass is 9.77. The predicted molar refractivity (Wildman–Crippen MR) is 116 cm³/mol. The minimum atomic E-state index is -4.03. The van der Waals surface area contributed by atoms with Crippen molar-refractivity contribution in [2.75, 3.05) is 0 Å². The van der Waals surface area contributed by atoms with E-state index >= 15 is 0 Å². The molecule has 1 atom stereocenters. The Labute approximate surface area is 177 Å². The molecule has 0 heterocycles. The zero-order valence-electron chi connectivity index (χ0n) is 17.8. The largest absolute Gasteiger partial charge is 0.457 e. The van der Waals surface area contributed by atoms with E-state index < -0.39 is 7.52 Å². The van der Waals surface area contributed by atoms with E-state index in [0.29, 0.717) is 22.6 Å². The molecule has 0 aromatic heterocycles. The second-order valence-electron chi connectivity index (χ2n) is 8.38. The van der Waals surface area contributed by atoms with Gasteiger partial charge in [-0.15, -0.1) is 5.25 Å². The first-order valence-electron chi connectivity index (χ1n) is 10.6. The third-order valence-electron chi connectivity index (χ3n) is 6.11. The second-order valence-corrected chi connectivity index (χ2v) is 10.2.